The molecule has 0 aromatic heterocycles. The normalized spacial score (nSPS) is 11.2. The average molecular weight is 643 g/mol. The number of rotatable bonds is 12. The van der Waals surface area contributed by atoms with Crippen LogP contribution in [-0.4, -0.2) is 30.5 Å². The number of esters is 4. The van der Waals surface area contributed by atoms with E-state index in [0.717, 1.165) is 24.0 Å². The molecule has 8 heteroatoms. The SMILES string of the molecule is CCc1ccc(C(=O)Oc2ccc(C(=O)OCC(OC(=O)c3ccc(OC(=O)c4ccc(CC)cc4)cc3)c3ccccc3)cc2)cc1. The van der Waals surface area contributed by atoms with Gasteiger partial charge in [-0.3, -0.25) is 0 Å². The molecule has 0 aliphatic carbocycles. The number of aryl methyl sites for hydroxylation is 2. The van der Waals surface area contributed by atoms with E-state index in [1.807, 2.05) is 44.2 Å². The molecule has 1 atom stereocenters. The van der Waals surface area contributed by atoms with Gasteiger partial charge in [0, 0.05) is 0 Å². The fraction of sp³-hybridized carbons (Fsp3) is 0.150. The molecular formula is C40H34O8. The molecule has 5 aromatic carbocycles. The molecule has 0 radical (unpaired) electrons. The highest BCUT2D eigenvalue weighted by atomic mass is 16.6. The predicted octanol–water partition coefficient (Wildman–Crippen LogP) is 8.00. The molecule has 242 valence electrons. The molecule has 48 heavy (non-hydrogen) atoms. The Kier molecular flexibility index (Phi) is 11.1. The summed E-state index contributed by atoms with van der Waals surface area (Å²) in [6.07, 6.45) is 0.833. The zero-order valence-corrected chi connectivity index (χ0v) is 26.6. The minimum absolute atomic E-state index is 0.223. The van der Waals surface area contributed by atoms with Gasteiger partial charge in [0.05, 0.1) is 22.3 Å². The van der Waals surface area contributed by atoms with Gasteiger partial charge in [-0.2, -0.15) is 0 Å². The second kappa shape index (κ2) is 16.0. The highest BCUT2D eigenvalue weighted by molar-refractivity contribution is 5.93. The summed E-state index contributed by atoms with van der Waals surface area (Å²) in [6, 6.07) is 35.3. The zero-order chi connectivity index (χ0) is 33.9. The third-order valence-corrected chi connectivity index (χ3v) is 7.58. The fourth-order valence-electron chi connectivity index (χ4n) is 4.70. The van der Waals surface area contributed by atoms with E-state index in [9.17, 15) is 19.2 Å². The van der Waals surface area contributed by atoms with Crippen molar-refractivity contribution in [2.45, 2.75) is 32.8 Å². The van der Waals surface area contributed by atoms with Gasteiger partial charge in [-0.15, -0.1) is 0 Å². The summed E-state index contributed by atoms with van der Waals surface area (Å²) in [5, 5.41) is 0. The molecule has 0 bridgehead atoms. The first-order chi connectivity index (χ1) is 23.3. The van der Waals surface area contributed by atoms with Gasteiger partial charge in [-0.25, -0.2) is 19.2 Å². The summed E-state index contributed by atoms with van der Waals surface area (Å²) >= 11 is 0. The molecule has 0 heterocycles. The lowest BCUT2D eigenvalue weighted by Gasteiger charge is -2.18. The number of benzene rings is 5. The highest BCUT2D eigenvalue weighted by Crippen LogP contribution is 2.23. The van der Waals surface area contributed by atoms with Crippen molar-refractivity contribution >= 4 is 23.9 Å². The predicted molar refractivity (Wildman–Crippen MR) is 179 cm³/mol. The quantitative estimate of drug-likeness (QED) is 0.0996. The van der Waals surface area contributed by atoms with Crippen LogP contribution >= 0.6 is 0 Å². The first kappa shape index (κ1) is 33.3. The minimum Gasteiger partial charge on any atom is -0.458 e. The van der Waals surface area contributed by atoms with Crippen LogP contribution in [-0.2, 0) is 22.3 Å². The number of carbonyl (C=O) groups is 4. The third-order valence-electron chi connectivity index (χ3n) is 7.58. The molecule has 0 fully saturated rings. The number of hydrogen-bond donors (Lipinski definition) is 0. The van der Waals surface area contributed by atoms with Gasteiger partial charge in [0.2, 0.25) is 0 Å². The van der Waals surface area contributed by atoms with Crippen molar-refractivity contribution in [1.29, 1.82) is 0 Å². The van der Waals surface area contributed by atoms with Crippen molar-refractivity contribution in [2.75, 3.05) is 6.61 Å². The molecule has 0 spiro atoms. The van der Waals surface area contributed by atoms with Gasteiger partial charge < -0.3 is 18.9 Å². The molecule has 0 amide bonds. The molecule has 5 rings (SSSR count). The third kappa shape index (κ3) is 8.82. The molecule has 0 N–H and O–H groups in total. The Morgan fingerprint density at radius 3 is 1.31 bits per heavy atom. The average Bonchev–Trinajstić information content (AvgIpc) is 3.14. The maximum Gasteiger partial charge on any atom is 0.343 e. The van der Waals surface area contributed by atoms with Crippen molar-refractivity contribution in [2.24, 2.45) is 0 Å². The summed E-state index contributed by atoms with van der Waals surface area (Å²) in [5.41, 5.74) is 4.15. The summed E-state index contributed by atoms with van der Waals surface area (Å²) < 4.78 is 22.2. The monoisotopic (exact) mass is 642 g/mol. The van der Waals surface area contributed by atoms with Crippen LogP contribution in [0, 0.1) is 0 Å². The van der Waals surface area contributed by atoms with Crippen LogP contribution in [0.4, 0.5) is 0 Å². The van der Waals surface area contributed by atoms with E-state index in [1.54, 1.807) is 48.5 Å². The van der Waals surface area contributed by atoms with E-state index in [0.29, 0.717) is 16.7 Å². The molecular weight excluding hydrogens is 608 g/mol. The second-order valence-corrected chi connectivity index (χ2v) is 10.8. The Balaban J connectivity index is 1.18. The highest BCUT2D eigenvalue weighted by Gasteiger charge is 2.21. The topological polar surface area (TPSA) is 105 Å². The smallest absolute Gasteiger partial charge is 0.343 e. The Morgan fingerprint density at radius 1 is 0.479 bits per heavy atom. The van der Waals surface area contributed by atoms with Crippen molar-refractivity contribution in [3.05, 3.63) is 166 Å². The van der Waals surface area contributed by atoms with E-state index in [2.05, 4.69) is 0 Å². The zero-order valence-electron chi connectivity index (χ0n) is 26.6. The number of hydrogen-bond acceptors (Lipinski definition) is 8. The Bertz CT molecular complexity index is 1850. The van der Waals surface area contributed by atoms with Crippen molar-refractivity contribution in [3.63, 3.8) is 0 Å². The van der Waals surface area contributed by atoms with E-state index in [-0.39, 0.29) is 29.2 Å². The van der Waals surface area contributed by atoms with Gasteiger partial charge in [0.1, 0.15) is 18.1 Å². The number of ether oxygens (including phenoxy) is 4. The maximum absolute atomic E-state index is 13.1. The summed E-state index contributed by atoms with van der Waals surface area (Å²) in [5.74, 6) is -1.75. The molecule has 0 aliphatic rings. The second-order valence-electron chi connectivity index (χ2n) is 10.8. The molecule has 0 aliphatic heterocycles. The first-order valence-corrected chi connectivity index (χ1v) is 15.6. The standard InChI is InChI=1S/C40H34O8/c1-3-27-10-14-31(15-11-27)38(42)46-34-22-18-30(19-23-34)37(41)45-26-36(29-8-6-5-7-9-29)48-40(44)33-20-24-35(25-21-33)47-39(43)32-16-12-28(4-2)13-17-32/h5-25,36H,3-4,26H2,1-2H3. The lowest BCUT2D eigenvalue weighted by Crippen LogP contribution is -2.19. The Morgan fingerprint density at radius 2 is 0.875 bits per heavy atom. The van der Waals surface area contributed by atoms with Crippen molar-refractivity contribution < 1.29 is 38.1 Å². The molecule has 5 aromatic rings. The van der Waals surface area contributed by atoms with Gasteiger partial charge >= 0.3 is 23.9 Å². The van der Waals surface area contributed by atoms with Crippen LogP contribution in [0.5, 0.6) is 11.5 Å². The van der Waals surface area contributed by atoms with Gasteiger partial charge in [0.15, 0.2) is 6.10 Å². The summed E-state index contributed by atoms with van der Waals surface area (Å²) in [4.78, 5) is 51.0. The molecule has 0 saturated carbocycles. The minimum atomic E-state index is -0.898. The van der Waals surface area contributed by atoms with Crippen LogP contribution in [0.25, 0.3) is 0 Å². The molecule has 1 unspecified atom stereocenters. The number of carbonyl (C=O) groups excluding carboxylic acids is 4. The van der Waals surface area contributed by atoms with Crippen LogP contribution in [0.3, 0.4) is 0 Å². The van der Waals surface area contributed by atoms with Crippen LogP contribution < -0.4 is 9.47 Å². The Hall–Kier alpha value is -6.02. The Labute approximate surface area is 278 Å². The summed E-state index contributed by atoms with van der Waals surface area (Å²) in [7, 11) is 0. The van der Waals surface area contributed by atoms with Gasteiger partial charge in [-0.05, 0) is 102 Å². The lowest BCUT2D eigenvalue weighted by molar-refractivity contribution is -0.00134. The largest absolute Gasteiger partial charge is 0.458 e. The van der Waals surface area contributed by atoms with E-state index >= 15 is 0 Å². The van der Waals surface area contributed by atoms with E-state index < -0.39 is 30.0 Å². The van der Waals surface area contributed by atoms with Gasteiger partial charge in [0.25, 0.3) is 0 Å². The van der Waals surface area contributed by atoms with Crippen LogP contribution in [0.2, 0.25) is 0 Å². The molecule has 8 nitrogen and oxygen atoms in total. The first-order valence-electron chi connectivity index (χ1n) is 15.6. The summed E-state index contributed by atoms with van der Waals surface area (Å²) in [6.45, 7) is 3.82. The van der Waals surface area contributed by atoms with Crippen molar-refractivity contribution in [1.82, 2.24) is 0 Å². The van der Waals surface area contributed by atoms with E-state index in [4.69, 9.17) is 18.9 Å². The lowest BCUT2D eigenvalue weighted by atomic mass is 10.1. The fourth-order valence-corrected chi connectivity index (χ4v) is 4.70. The van der Waals surface area contributed by atoms with Crippen molar-refractivity contribution in [3.8, 4) is 11.5 Å². The van der Waals surface area contributed by atoms with E-state index in [1.165, 1.54) is 48.5 Å². The van der Waals surface area contributed by atoms with Gasteiger partial charge in [-0.1, -0.05) is 68.4 Å². The molecule has 0 saturated heterocycles. The maximum atomic E-state index is 13.1. The van der Waals surface area contributed by atoms with Crippen LogP contribution in [0.1, 0.15) is 78.1 Å². The van der Waals surface area contributed by atoms with Crippen LogP contribution in [0.15, 0.2) is 127 Å².